The molecule has 0 unspecified atom stereocenters. The van der Waals surface area contributed by atoms with Gasteiger partial charge in [-0.1, -0.05) is 30.3 Å². The van der Waals surface area contributed by atoms with Crippen LogP contribution in [0.4, 0.5) is 4.79 Å². The Morgan fingerprint density at radius 3 is 2.67 bits per heavy atom. The maximum atomic E-state index is 11.6. The van der Waals surface area contributed by atoms with Crippen molar-refractivity contribution >= 4 is 6.09 Å². The summed E-state index contributed by atoms with van der Waals surface area (Å²) >= 11 is 0. The maximum Gasteiger partial charge on any atom is 0.407 e. The highest BCUT2D eigenvalue weighted by atomic mass is 16.5. The van der Waals surface area contributed by atoms with E-state index in [1.54, 1.807) is 0 Å². The van der Waals surface area contributed by atoms with Crippen molar-refractivity contribution in [2.24, 2.45) is 0 Å². The first kappa shape index (κ1) is 12.9. The van der Waals surface area contributed by atoms with Gasteiger partial charge in [0.2, 0.25) is 0 Å². The minimum atomic E-state index is -0.312. The molecule has 1 N–H and O–H groups in total. The molecule has 1 fully saturated rings. The second-order valence-electron chi connectivity index (χ2n) is 4.78. The molecule has 18 heavy (non-hydrogen) atoms. The van der Waals surface area contributed by atoms with Crippen molar-refractivity contribution in [2.45, 2.75) is 25.5 Å². The lowest BCUT2D eigenvalue weighted by Crippen LogP contribution is -2.43. The number of benzene rings is 1. The number of nitrogens with one attached hydrogen (secondary N) is 1. The predicted octanol–water partition coefficient (Wildman–Crippen LogP) is 2.01. The molecule has 0 radical (unpaired) electrons. The molecule has 1 aromatic carbocycles. The van der Waals surface area contributed by atoms with Crippen LogP contribution >= 0.6 is 0 Å². The molecular formula is C14H20N2O2. The van der Waals surface area contributed by atoms with Gasteiger partial charge >= 0.3 is 6.09 Å². The number of ether oxygens (including phenoxy) is 1. The summed E-state index contributed by atoms with van der Waals surface area (Å²) in [6, 6.07) is 9.97. The lowest BCUT2D eigenvalue weighted by atomic mass is 10.1. The van der Waals surface area contributed by atoms with Gasteiger partial charge in [-0.05, 0) is 38.5 Å². The lowest BCUT2D eigenvalue weighted by molar-refractivity contribution is 0.129. The molecule has 0 aliphatic carbocycles. The van der Waals surface area contributed by atoms with Crippen LogP contribution in [0, 0.1) is 0 Å². The molecule has 4 heteroatoms. The van der Waals surface area contributed by atoms with E-state index in [1.807, 2.05) is 30.3 Å². The van der Waals surface area contributed by atoms with Crippen molar-refractivity contribution in [1.82, 2.24) is 10.2 Å². The van der Waals surface area contributed by atoms with Gasteiger partial charge in [0.15, 0.2) is 0 Å². The Balaban J connectivity index is 1.69. The molecule has 0 saturated carbocycles. The first-order chi connectivity index (χ1) is 8.74. The van der Waals surface area contributed by atoms with Crippen molar-refractivity contribution in [3.05, 3.63) is 35.9 Å². The number of alkyl carbamates (subject to hydrolysis) is 1. The third-order valence-corrected chi connectivity index (χ3v) is 3.25. The Hall–Kier alpha value is -1.55. The number of nitrogens with zero attached hydrogens (tertiary/aromatic N) is 1. The highest BCUT2D eigenvalue weighted by Gasteiger charge is 2.18. The Kier molecular flexibility index (Phi) is 4.59. The summed E-state index contributed by atoms with van der Waals surface area (Å²) in [5.41, 5.74) is 1.01. The maximum absolute atomic E-state index is 11.6. The first-order valence-electron chi connectivity index (χ1n) is 6.40. The second kappa shape index (κ2) is 6.40. The summed E-state index contributed by atoms with van der Waals surface area (Å²) in [6.45, 7) is 2.40. The fourth-order valence-corrected chi connectivity index (χ4v) is 2.08. The normalized spacial score (nSPS) is 17.4. The molecule has 0 aromatic heterocycles. The Labute approximate surface area is 108 Å². The molecule has 1 aliphatic rings. The Morgan fingerprint density at radius 1 is 1.33 bits per heavy atom. The molecule has 0 spiro atoms. The van der Waals surface area contributed by atoms with Gasteiger partial charge in [-0.3, -0.25) is 0 Å². The van der Waals surface area contributed by atoms with Crippen LogP contribution in [0.25, 0.3) is 0 Å². The third-order valence-electron chi connectivity index (χ3n) is 3.25. The number of likely N-dealkylation sites (tertiary alicyclic amines) is 1. The lowest BCUT2D eigenvalue weighted by Gasteiger charge is -2.29. The third kappa shape index (κ3) is 4.04. The molecule has 4 nitrogen and oxygen atoms in total. The highest BCUT2D eigenvalue weighted by Crippen LogP contribution is 2.08. The van der Waals surface area contributed by atoms with E-state index in [0.717, 1.165) is 31.5 Å². The van der Waals surface area contributed by atoms with Crippen molar-refractivity contribution < 1.29 is 9.53 Å². The average Bonchev–Trinajstić information content (AvgIpc) is 2.40. The fourth-order valence-electron chi connectivity index (χ4n) is 2.08. The van der Waals surface area contributed by atoms with E-state index in [0.29, 0.717) is 6.61 Å². The van der Waals surface area contributed by atoms with Crippen LogP contribution in [0.2, 0.25) is 0 Å². The minimum absolute atomic E-state index is 0.254. The van der Waals surface area contributed by atoms with Crippen molar-refractivity contribution in [1.29, 1.82) is 0 Å². The average molecular weight is 248 g/mol. The van der Waals surface area contributed by atoms with E-state index < -0.39 is 0 Å². The molecule has 0 bridgehead atoms. The number of piperidine rings is 1. The van der Waals surface area contributed by atoms with Gasteiger partial charge < -0.3 is 15.0 Å². The number of amides is 1. The summed E-state index contributed by atoms with van der Waals surface area (Å²) in [6.07, 6.45) is 1.68. The van der Waals surface area contributed by atoms with Gasteiger partial charge in [0.25, 0.3) is 0 Å². The van der Waals surface area contributed by atoms with Crippen molar-refractivity contribution in [2.75, 3.05) is 20.1 Å². The van der Waals surface area contributed by atoms with Crippen LogP contribution in [-0.2, 0) is 11.3 Å². The zero-order valence-corrected chi connectivity index (χ0v) is 10.8. The van der Waals surface area contributed by atoms with Gasteiger partial charge in [-0.2, -0.15) is 0 Å². The number of hydrogen-bond donors (Lipinski definition) is 1. The SMILES string of the molecule is CN1CCC(NC(=O)OCc2ccccc2)CC1. The van der Waals surface area contributed by atoms with Crippen LogP contribution in [0.5, 0.6) is 0 Å². The summed E-state index contributed by atoms with van der Waals surface area (Å²) in [5, 5.41) is 2.92. The highest BCUT2D eigenvalue weighted by molar-refractivity contribution is 5.67. The van der Waals surface area contributed by atoms with E-state index in [1.165, 1.54) is 0 Å². The Bertz CT molecular complexity index is 373. The van der Waals surface area contributed by atoms with Gasteiger partial charge in [-0.15, -0.1) is 0 Å². The zero-order valence-electron chi connectivity index (χ0n) is 10.8. The predicted molar refractivity (Wildman–Crippen MR) is 70.3 cm³/mol. The van der Waals surface area contributed by atoms with E-state index in [2.05, 4.69) is 17.3 Å². The largest absolute Gasteiger partial charge is 0.445 e. The van der Waals surface area contributed by atoms with Crippen LogP contribution in [0.3, 0.4) is 0 Å². The van der Waals surface area contributed by atoms with E-state index >= 15 is 0 Å². The van der Waals surface area contributed by atoms with E-state index in [-0.39, 0.29) is 12.1 Å². The van der Waals surface area contributed by atoms with Crippen LogP contribution in [0.1, 0.15) is 18.4 Å². The number of carbonyl (C=O) groups excluding carboxylic acids is 1. The van der Waals surface area contributed by atoms with Crippen LogP contribution < -0.4 is 5.32 Å². The van der Waals surface area contributed by atoms with Crippen LogP contribution in [-0.4, -0.2) is 37.2 Å². The van der Waals surface area contributed by atoms with Crippen molar-refractivity contribution in [3.8, 4) is 0 Å². The minimum Gasteiger partial charge on any atom is -0.445 e. The smallest absolute Gasteiger partial charge is 0.407 e. The van der Waals surface area contributed by atoms with Gasteiger partial charge in [0, 0.05) is 6.04 Å². The molecule has 98 valence electrons. The Morgan fingerprint density at radius 2 is 2.00 bits per heavy atom. The van der Waals surface area contributed by atoms with E-state index in [4.69, 9.17) is 4.74 Å². The molecule has 1 saturated heterocycles. The molecule has 1 aliphatic heterocycles. The molecule has 1 heterocycles. The molecular weight excluding hydrogens is 228 g/mol. The summed E-state index contributed by atoms with van der Waals surface area (Å²) in [4.78, 5) is 13.9. The standard InChI is InChI=1S/C14H20N2O2/c1-16-9-7-13(8-10-16)15-14(17)18-11-12-5-3-2-4-6-12/h2-6,13H,7-11H2,1H3,(H,15,17). The molecule has 2 rings (SSSR count). The summed E-state index contributed by atoms with van der Waals surface area (Å²) < 4.78 is 5.19. The van der Waals surface area contributed by atoms with Crippen molar-refractivity contribution in [3.63, 3.8) is 0 Å². The quantitative estimate of drug-likeness (QED) is 0.889. The summed E-state index contributed by atoms with van der Waals surface area (Å²) in [5.74, 6) is 0. The van der Waals surface area contributed by atoms with E-state index in [9.17, 15) is 4.79 Å². The first-order valence-corrected chi connectivity index (χ1v) is 6.40. The fraction of sp³-hybridized carbons (Fsp3) is 0.500. The topological polar surface area (TPSA) is 41.6 Å². The van der Waals surface area contributed by atoms with Crippen LogP contribution in [0.15, 0.2) is 30.3 Å². The molecule has 1 aromatic rings. The number of carbonyl (C=O) groups is 1. The van der Waals surface area contributed by atoms with Gasteiger partial charge in [0.05, 0.1) is 0 Å². The van der Waals surface area contributed by atoms with Gasteiger partial charge in [0.1, 0.15) is 6.61 Å². The van der Waals surface area contributed by atoms with Gasteiger partial charge in [-0.25, -0.2) is 4.79 Å². The second-order valence-corrected chi connectivity index (χ2v) is 4.78. The zero-order chi connectivity index (χ0) is 12.8. The number of rotatable bonds is 3. The summed E-state index contributed by atoms with van der Waals surface area (Å²) in [7, 11) is 2.10. The number of hydrogen-bond acceptors (Lipinski definition) is 3. The monoisotopic (exact) mass is 248 g/mol. The molecule has 0 atom stereocenters. The molecule has 1 amide bonds.